The van der Waals surface area contributed by atoms with Crippen LogP contribution in [0.2, 0.25) is 0 Å². The SMILES string of the molecule is Cc1c(C)c2c(c(C)c1OC(=O)CCCC(=O)NCC(C)(C)SN=O)CCC(C)(COc1ccc(CC3SC(=O)NC3=O)cc1)O2. The van der Waals surface area contributed by atoms with Crippen LogP contribution in [-0.2, 0) is 27.2 Å². The first kappa shape index (κ1) is 35.3. The van der Waals surface area contributed by atoms with Gasteiger partial charge in [0.1, 0.15) is 29.5 Å². The highest BCUT2D eigenvalue weighted by Crippen LogP contribution is 2.44. The van der Waals surface area contributed by atoms with Crippen LogP contribution in [0.15, 0.2) is 28.8 Å². The van der Waals surface area contributed by atoms with Gasteiger partial charge in [-0.2, -0.15) is 0 Å². The molecular formula is C33H41N3O8S2. The molecule has 0 spiro atoms. The molecule has 0 aromatic heterocycles. The first-order valence-electron chi connectivity index (χ1n) is 15.2. The number of rotatable bonds is 14. The van der Waals surface area contributed by atoms with Crippen LogP contribution in [0.4, 0.5) is 4.79 Å². The number of imide groups is 1. The summed E-state index contributed by atoms with van der Waals surface area (Å²) in [6, 6.07) is 7.51. The van der Waals surface area contributed by atoms with Crippen molar-refractivity contribution in [3.05, 3.63) is 57.0 Å². The quantitative estimate of drug-likeness (QED) is 0.105. The number of esters is 1. The molecule has 3 amide bonds. The fourth-order valence-electron chi connectivity index (χ4n) is 5.33. The van der Waals surface area contributed by atoms with E-state index >= 15 is 0 Å². The first-order chi connectivity index (χ1) is 21.7. The summed E-state index contributed by atoms with van der Waals surface area (Å²) in [6.07, 6.45) is 2.49. The molecule has 4 rings (SSSR count). The van der Waals surface area contributed by atoms with Gasteiger partial charge in [-0.15, -0.1) is 4.91 Å². The average molecular weight is 672 g/mol. The highest BCUT2D eigenvalue weighted by Gasteiger charge is 2.36. The Balaban J connectivity index is 1.31. The minimum Gasteiger partial charge on any atom is -0.489 e. The lowest BCUT2D eigenvalue weighted by atomic mass is 9.87. The number of hydrogen-bond acceptors (Lipinski definition) is 11. The fraction of sp³-hybridized carbons (Fsp3) is 0.515. The molecule has 2 unspecified atom stereocenters. The molecule has 0 radical (unpaired) electrons. The van der Waals surface area contributed by atoms with Crippen LogP contribution in [0.5, 0.6) is 17.2 Å². The number of fused-ring (bicyclic) bond motifs is 1. The maximum absolute atomic E-state index is 12.8. The monoisotopic (exact) mass is 671 g/mol. The molecule has 0 aliphatic carbocycles. The zero-order valence-corrected chi connectivity index (χ0v) is 28.7. The van der Waals surface area contributed by atoms with E-state index in [1.807, 2.05) is 65.8 Å². The average Bonchev–Trinajstić information content (AvgIpc) is 3.32. The maximum Gasteiger partial charge on any atom is 0.311 e. The minimum absolute atomic E-state index is 0.0951. The number of amides is 3. The number of ether oxygens (including phenoxy) is 3. The van der Waals surface area contributed by atoms with Crippen molar-refractivity contribution in [3.63, 3.8) is 0 Å². The highest BCUT2D eigenvalue weighted by molar-refractivity contribution is 8.15. The number of hydrogen-bond donors (Lipinski definition) is 2. The molecule has 2 atom stereocenters. The van der Waals surface area contributed by atoms with Crippen LogP contribution in [0.3, 0.4) is 0 Å². The van der Waals surface area contributed by atoms with Gasteiger partial charge in [-0.3, -0.25) is 24.5 Å². The third kappa shape index (κ3) is 9.03. The van der Waals surface area contributed by atoms with Crippen molar-refractivity contribution in [2.45, 2.75) is 95.7 Å². The summed E-state index contributed by atoms with van der Waals surface area (Å²) in [5.41, 5.74) is 3.95. The van der Waals surface area contributed by atoms with E-state index in [4.69, 9.17) is 14.2 Å². The second-order valence-corrected chi connectivity index (χ2v) is 15.2. The van der Waals surface area contributed by atoms with Gasteiger partial charge in [-0.25, -0.2) is 0 Å². The summed E-state index contributed by atoms with van der Waals surface area (Å²) in [7, 11) is 0. The van der Waals surface area contributed by atoms with Crippen LogP contribution >= 0.6 is 23.7 Å². The molecule has 248 valence electrons. The second kappa shape index (κ2) is 14.9. The summed E-state index contributed by atoms with van der Waals surface area (Å²) < 4.78 is 20.8. The zero-order valence-electron chi connectivity index (χ0n) is 27.1. The van der Waals surface area contributed by atoms with E-state index < -0.39 is 21.6 Å². The Hall–Kier alpha value is -3.58. The van der Waals surface area contributed by atoms with Gasteiger partial charge in [-0.1, -0.05) is 23.9 Å². The van der Waals surface area contributed by atoms with Crippen molar-refractivity contribution < 1.29 is 33.4 Å². The summed E-state index contributed by atoms with van der Waals surface area (Å²) in [4.78, 5) is 58.7. The number of nitrogens with zero attached hydrogens (tertiary/aromatic N) is 1. The Bertz CT molecular complexity index is 1510. The molecule has 0 saturated carbocycles. The van der Waals surface area contributed by atoms with E-state index in [9.17, 15) is 24.1 Å². The molecular weight excluding hydrogens is 631 g/mol. The topological polar surface area (TPSA) is 149 Å². The summed E-state index contributed by atoms with van der Waals surface area (Å²) in [6.45, 7) is 12.1. The molecule has 13 heteroatoms. The Labute approximate surface area is 277 Å². The number of carbonyl (C=O) groups is 4. The number of thioether (sulfide) groups is 1. The van der Waals surface area contributed by atoms with E-state index in [-0.39, 0.29) is 29.9 Å². The predicted octanol–water partition coefficient (Wildman–Crippen LogP) is 6.05. The van der Waals surface area contributed by atoms with E-state index in [1.54, 1.807) is 0 Å². The number of nitroso groups, excluding NO2 is 1. The normalized spacial score (nSPS) is 19.1. The third-order valence-corrected chi connectivity index (χ3v) is 9.91. The van der Waals surface area contributed by atoms with E-state index in [0.717, 1.165) is 63.7 Å². The minimum atomic E-state index is -0.579. The molecule has 2 aliphatic rings. The Morgan fingerprint density at radius 2 is 1.85 bits per heavy atom. The lowest BCUT2D eigenvalue weighted by Crippen LogP contribution is -2.42. The van der Waals surface area contributed by atoms with Gasteiger partial charge in [-0.05, 0) is 102 Å². The Morgan fingerprint density at radius 1 is 1.13 bits per heavy atom. The lowest BCUT2D eigenvalue weighted by Gasteiger charge is -2.37. The molecule has 2 aromatic rings. The standard InChI is InChI=1S/C33H41N3O8S2/c1-19-20(2)29-24(21(3)28(19)43-27(38)9-7-8-26(37)34-17-32(4,5)46-36-41)14-15-33(6,44-29)18-42-23-12-10-22(11-13-23)16-25-30(39)35-31(40)45-25/h10-13,25H,7-9,14-18H2,1-6H3,(H,34,37)(H,35,39,40). The van der Waals surface area contributed by atoms with Gasteiger partial charge in [0.2, 0.25) is 11.8 Å². The van der Waals surface area contributed by atoms with E-state index in [1.165, 1.54) is 0 Å². The van der Waals surface area contributed by atoms with Crippen LogP contribution in [0.25, 0.3) is 0 Å². The molecule has 0 bridgehead atoms. The van der Waals surface area contributed by atoms with Crippen molar-refractivity contribution in [1.29, 1.82) is 0 Å². The zero-order chi connectivity index (χ0) is 33.6. The van der Waals surface area contributed by atoms with Crippen LogP contribution in [-0.4, -0.2) is 51.8 Å². The van der Waals surface area contributed by atoms with Crippen molar-refractivity contribution in [3.8, 4) is 17.2 Å². The highest BCUT2D eigenvalue weighted by atomic mass is 32.2. The Morgan fingerprint density at radius 3 is 2.50 bits per heavy atom. The smallest absolute Gasteiger partial charge is 0.311 e. The summed E-state index contributed by atoms with van der Waals surface area (Å²) >= 11 is 1.89. The van der Waals surface area contributed by atoms with Gasteiger partial charge < -0.3 is 19.5 Å². The first-order valence-corrected chi connectivity index (χ1v) is 16.9. The van der Waals surface area contributed by atoms with E-state index in [0.29, 0.717) is 43.9 Å². The molecule has 2 aromatic carbocycles. The molecule has 2 N–H and O–H groups in total. The van der Waals surface area contributed by atoms with Crippen molar-refractivity contribution in [2.24, 2.45) is 4.58 Å². The van der Waals surface area contributed by atoms with E-state index in [2.05, 4.69) is 15.2 Å². The van der Waals surface area contributed by atoms with Gasteiger partial charge in [0, 0.05) is 41.5 Å². The van der Waals surface area contributed by atoms with Gasteiger partial charge in [0.25, 0.3) is 5.24 Å². The molecule has 1 saturated heterocycles. The summed E-state index contributed by atoms with van der Waals surface area (Å²) in [5.74, 6) is 1.14. The lowest BCUT2D eigenvalue weighted by molar-refractivity contribution is -0.134. The molecule has 11 nitrogen and oxygen atoms in total. The van der Waals surface area contributed by atoms with Crippen molar-refractivity contribution in [1.82, 2.24) is 10.6 Å². The summed E-state index contributed by atoms with van der Waals surface area (Å²) in [5, 5.41) is 4.37. The number of benzene rings is 2. The molecule has 46 heavy (non-hydrogen) atoms. The fourth-order valence-corrected chi connectivity index (χ4v) is 6.53. The van der Waals surface area contributed by atoms with Gasteiger partial charge in [0.15, 0.2) is 0 Å². The van der Waals surface area contributed by atoms with Crippen LogP contribution in [0.1, 0.15) is 74.3 Å². The maximum atomic E-state index is 12.8. The van der Waals surface area contributed by atoms with Gasteiger partial charge >= 0.3 is 5.97 Å². The largest absolute Gasteiger partial charge is 0.489 e. The molecule has 1 fully saturated rings. The molecule has 2 aliphatic heterocycles. The van der Waals surface area contributed by atoms with Crippen LogP contribution in [0, 0.1) is 25.7 Å². The molecule has 2 heterocycles. The van der Waals surface area contributed by atoms with Crippen LogP contribution < -0.4 is 24.8 Å². The van der Waals surface area contributed by atoms with Crippen molar-refractivity contribution in [2.75, 3.05) is 13.2 Å². The van der Waals surface area contributed by atoms with Gasteiger partial charge in [0.05, 0.1) is 10.00 Å². The number of carbonyl (C=O) groups excluding carboxylic acids is 4. The third-order valence-electron chi connectivity index (χ3n) is 8.22. The number of nitrogens with one attached hydrogen (secondary N) is 2. The predicted molar refractivity (Wildman–Crippen MR) is 179 cm³/mol. The second-order valence-electron chi connectivity index (χ2n) is 12.6. The van der Waals surface area contributed by atoms with Crippen molar-refractivity contribution >= 4 is 46.7 Å². The Kier molecular flexibility index (Phi) is 11.4.